The zero-order valence-electron chi connectivity index (χ0n) is 17.8. The van der Waals surface area contributed by atoms with Crippen LogP contribution in [0.25, 0.3) is 38.2 Å². The van der Waals surface area contributed by atoms with Crippen molar-refractivity contribution in [1.82, 2.24) is 10.3 Å². The number of carbonyl (C=O) groups is 1. The number of amides is 1. The van der Waals surface area contributed by atoms with Gasteiger partial charge in [0.25, 0.3) is 0 Å². The van der Waals surface area contributed by atoms with Gasteiger partial charge in [0, 0.05) is 28.8 Å². The number of hydrogen-bond donors (Lipinski definition) is 1. The molecule has 2 aromatic heterocycles. The van der Waals surface area contributed by atoms with Crippen LogP contribution in [0, 0.1) is 0 Å². The summed E-state index contributed by atoms with van der Waals surface area (Å²) in [6.07, 6.45) is 3.06. The van der Waals surface area contributed by atoms with Crippen molar-refractivity contribution in [2.24, 2.45) is 0 Å². The number of aromatic nitrogens is 1. The first-order valence-electron chi connectivity index (χ1n) is 10.5. The van der Waals surface area contributed by atoms with Gasteiger partial charge in [-0.25, -0.2) is 4.98 Å². The van der Waals surface area contributed by atoms with Crippen molar-refractivity contribution in [1.29, 1.82) is 0 Å². The molecular weight excluding hydrogens is 487 g/mol. The van der Waals surface area contributed by atoms with Gasteiger partial charge in [0.1, 0.15) is 16.5 Å². The lowest BCUT2D eigenvalue weighted by atomic mass is 10.1. The van der Waals surface area contributed by atoms with Crippen molar-refractivity contribution in [2.75, 3.05) is 0 Å². The Balaban J connectivity index is 1.19. The fourth-order valence-corrected chi connectivity index (χ4v) is 4.79. The van der Waals surface area contributed by atoms with Gasteiger partial charge in [0.05, 0.1) is 15.2 Å². The maximum absolute atomic E-state index is 12.3. The lowest BCUT2D eigenvalue weighted by molar-refractivity contribution is -0.116. The summed E-state index contributed by atoms with van der Waals surface area (Å²) < 4.78 is 6.95. The number of rotatable bonds is 6. The van der Waals surface area contributed by atoms with Gasteiger partial charge in [0.2, 0.25) is 5.91 Å². The van der Waals surface area contributed by atoms with E-state index >= 15 is 0 Å². The number of para-hydroxylation sites is 1. The maximum Gasteiger partial charge on any atom is 0.244 e. The van der Waals surface area contributed by atoms with Crippen LogP contribution in [-0.2, 0) is 11.3 Å². The van der Waals surface area contributed by atoms with Gasteiger partial charge < -0.3 is 9.73 Å². The van der Waals surface area contributed by atoms with Crippen molar-refractivity contribution in [2.45, 2.75) is 6.54 Å². The number of nitrogens with one attached hydrogen (secondary N) is 1. The van der Waals surface area contributed by atoms with Crippen LogP contribution >= 0.6 is 34.5 Å². The van der Waals surface area contributed by atoms with Crippen LogP contribution in [0.5, 0.6) is 0 Å². The van der Waals surface area contributed by atoms with E-state index < -0.39 is 0 Å². The van der Waals surface area contributed by atoms with Crippen molar-refractivity contribution in [3.8, 4) is 21.9 Å². The minimum absolute atomic E-state index is 0.214. The van der Waals surface area contributed by atoms with Crippen molar-refractivity contribution in [3.05, 3.63) is 106 Å². The highest BCUT2D eigenvalue weighted by Gasteiger charge is 2.09. The van der Waals surface area contributed by atoms with Crippen LogP contribution in [0.3, 0.4) is 0 Å². The first kappa shape index (κ1) is 22.4. The number of nitrogens with zero attached hydrogens (tertiary/aromatic N) is 1. The van der Waals surface area contributed by atoms with Crippen LogP contribution < -0.4 is 5.32 Å². The molecule has 168 valence electrons. The van der Waals surface area contributed by atoms with Crippen LogP contribution in [0.1, 0.15) is 11.3 Å². The van der Waals surface area contributed by atoms with Gasteiger partial charge in [-0.05, 0) is 54.1 Å². The second-order valence-electron chi connectivity index (χ2n) is 7.56. The monoisotopic (exact) mass is 504 g/mol. The molecule has 5 rings (SSSR count). The predicted octanol–water partition coefficient (Wildman–Crippen LogP) is 7.86. The van der Waals surface area contributed by atoms with E-state index in [0.717, 1.165) is 21.7 Å². The molecule has 0 aliphatic heterocycles. The second kappa shape index (κ2) is 9.85. The third kappa shape index (κ3) is 5.07. The molecule has 0 spiro atoms. The molecule has 34 heavy (non-hydrogen) atoms. The molecule has 0 bridgehead atoms. The summed E-state index contributed by atoms with van der Waals surface area (Å²) >= 11 is 13.9. The maximum atomic E-state index is 12.3. The first-order chi connectivity index (χ1) is 16.5. The molecule has 0 radical (unpaired) electrons. The average molecular weight is 505 g/mol. The molecule has 0 aliphatic rings. The fourth-order valence-electron chi connectivity index (χ4n) is 3.44. The van der Waals surface area contributed by atoms with Crippen LogP contribution in [-0.4, -0.2) is 10.9 Å². The molecule has 0 atom stereocenters. The van der Waals surface area contributed by atoms with Crippen LogP contribution in [0.15, 0.2) is 89.4 Å². The van der Waals surface area contributed by atoms with E-state index in [9.17, 15) is 4.79 Å². The van der Waals surface area contributed by atoms with Gasteiger partial charge in [-0.3, -0.25) is 4.79 Å². The Labute approximate surface area is 210 Å². The Morgan fingerprint density at radius 1 is 1.00 bits per heavy atom. The minimum Gasteiger partial charge on any atom is -0.457 e. The molecule has 0 saturated carbocycles. The van der Waals surface area contributed by atoms with E-state index in [1.165, 1.54) is 10.8 Å². The molecule has 2 heterocycles. The molecule has 1 N–H and O–H groups in total. The lowest BCUT2D eigenvalue weighted by Gasteiger charge is -2.04. The topological polar surface area (TPSA) is 55.1 Å². The van der Waals surface area contributed by atoms with E-state index in [1.807, 2.05) is 42.5 Å². The van der Waals surface area contributed by atoms with Gasteiger partial charge in [-0.2, -0.15) is 0 Å². The summed E-state index contributed by atoms with van der Waals surface area (Å²) in [4.78, 5) is 17.0. The van der Waals surface area contributed by atoms with E-state index in [2.05, 4.69) is 16.4 Å². The summed E-state index contributed by atoms with van der Waals surface area (Å²) in [5, 5.41) is 4.98. The molecule has 4 nitrogen and oxygen atoms in total. The zero-order chi connectivity index (χ0) is 23.5. The highest BCUT2D eigenvalue weighted by Crippen LogP contribution is 2.32. The molecule has 0 fully saturated rings. The number of thiazole rings is 1. The number of benzene rings is 3. The summed E-state index contributed by atoms with van der Waals surface area (Å²) in [6.45, 7) is 0.421. The average Bonchev–Trinajstić information content (AvgIpc) is 3.50. The Morgan fingerprint density at radius 2 is 1.82 bits per heavy atom. The van der Waals surface area contributed by atoms with Crippen molar-refractivity contribution < 1.29 is 9.21 Å². The molecule has 0 unspecified atom stereocenters. The first-order valence-corrected chi connectivity index (χ1v) is 12.1. The summed E-state index contributed by atoms with van der Waals surface area (Å²) in [6, 6.07) is 24.9. The van der Waals surface area contributed by atoms with Gasteiger partial charge in [0.15, 0.2) is 0 Å². The van der Waals surface area contributed by atoms with Gasteiger partial charge >= 0.3 is 0 Å². The Bertz CT molecular complexity index is 1470. The standard InChI is InChI=1S/C27H18Cl2N2O2S/c28-19-9-12-22(29)21(15-19)24-13-10-20(33-24)11-14-26(32)30-16-17-5-7-18(8-6-17)27-31-23-3-1-2-4-25(23)34-27/h1-15H,16H2,(H,30,32). The van der Waals surface area contributed by atoms with Crippen molar-refractivity contribution in [3.63, 3.8) is 0 Å². The highest BCUT2D eigenvalue weighted by molar-refractivity contribution is 7.21. The molecule has 1 amide bonds. The number of hydrogen-bond acceptors (Lipinski definition) is 4. The molecule has 0 aliphatic carbocycles. The third-order valence-corrected chi connectivity index (χ3v) is 6.83. The molecular formula is C27H18Cl2N2O2S. The number of halogens is 2. The van der Waals surface area contributed by atoms with Crippen molar-refractivity contribution >= 4 is 56.7 Å². The molecule has 7 heteroatoms. The van der Waals surface area contributed by atoms with E-state index in [1.54, 1.807) is 47.7 Å². The number of fused-ring (bicyclic) bond motifs is 1. The van der Waals surface area contributed by atoms with E-state index in [-0.39, 0.29) is 5.91 Å². The third-order valence-electron chi connectivity index (χ3n) is 5.18. The summed E-state index contributed by atoms with van der Waals surface area (Å²) in [5.74, 6) is 0.913. The fraction of sp³-hybridized carbons (Fsp3) is 0.0370. The largest absolute Gasteiger partial charge is 0.457 e. The Hall–Kier alpha value is -3.38. The molecule has 3 aromatic carbocycles. The highest BCUT2D eigenvalue weighted by atomic mass is 35.5. The molecule has 0 saturated heterocycles. The number of carbonyl (C=O) groups excluding carboxylic acids is 1. The van der Waals surface area contributed by atoms with Crippen LogP contribution in [0.2, 0.25) is 10.0 Å². The van der Waals surface area contributed by atoms with E-state index in [4.69, 9.17) is 27.6 Å². The lowest BCUT2D eigenvalue weighted by Crippen LogP contribution is -2.20. The molecule has 5 aromatic rings. The predicted molar refractivity (Wildman–Crippen MR) is 140 cm³/mol. The second-order valence-corrected chi connectivity index (χ2v) is 9.44. The number of furan rings is 1. The van der Waals surface area contributed by atoms with E-state index in [0.29, 0.717) is 33.7 Å². The van der Waals surface area contributed by atoms with Crippen LogP contribution in [0.4, 0.5) is 0 Å². The van der Waals surface area contributed by atoms with Gasteiger partial charge in [-0.1, -0.05) is 59.6 Å². The Kier molecular flexibility index (Phi) is 6.50. The minimum atomic E-state index is -0.214. The SMILES string of the molecule is O=C(C=Cc1ccc(-c2cc(Cl)ccc2Cl)o1)NCc1ccc(-c2nc3ccccc3s2)cc1. The Morgan fingerprint density at radius 3 is 2.65 bits per heavy atom. The normalized spacial score (nSPS) is 11.4. The quantitative estimate of drug-likeness (QED) is 0.239. The summed E-state index contributed by atoms with van der Waals surface area (Å²) in [5.41, 5.74) is 3.77. The van der Waals surface area contributed by atoms with Gasteiger partial charge in [-0.15, -0.1) is 11.3 Å². The summed E-state index contributed by atoms with van der Waals surface area (Å²) in [7, 11) is 0. The zero-order valence-corrected chi connectivity index (χ0v) is 20.1. The smallest absolute Gasteiger partial charge is 0.244 e.